The quantitative estimate of drug-likeness (QED) is 0.598. The highest BCUT2D eigenvalue weighted by Crippen LogP contribution is 2.25. The largest absolute Gasteiger partial charge is 0.282 e. The van der Waals surface area contributed by atoms with Crippen LogP contribution in [0.1, 0.15) is 38.2 Å². The summed E-state index contributed by atoms with van der Waals surface area (Å²) in [7, 11) is 0. The number of amidine groups is 1. The van der Waals surface area contributed by atoms with Gasteiger partial charge in [-0.2, -0.15) is 0 Å². The fraction of sp³-hybridized carbons (Fsp3) is 0.429. The minimum Gasteiger partial charge on any atom is -0.282 e. The van der Waals surface area contributed by atoms with Gasteiger partial charge in [0.15, 0.2) is 5.84 Å². The summed E-state index contributed by atoms with van der Waals surface area (Å²) in [6.07, 6.45) is 4.60. The minimum absolute atomic E-state index is 0.336. The van der Waals surface area contributed by atoms with E-state index in [1.807, 2.05) is 18.2 Å². The molecule has 17 heavy (non-hydrogen) atoms. The molecule has 90 valence electrons. The number of aliphatic imine (C=N–C) groups is 1. The maximum absolute atomic E-state index is 8.01. The van der Waals surface area contributed by atoms with Gasteiger partial charge in [-0.25, -0.2) is 4.99 Å². The summed E-state index contributed by atoms with van der Waals surface area (Å²) in [4.78, 5) is 4.48. The zero-order valence-electron chi connectivity index (χ0n) is 10.0. The molecule has 0 spiro atoms. The van der Waals surface area contributed by atoms with Crippen LogP contribution in [0.25, 0.3) is 0 Å². The van der Waals surface area contributed by atoms with Crippen LogP contribution >= 0.6 is 11.6 Å². The Morgan fingerprint density at radius 3 is 3.06 bits per heavy atom. The molecule has 1 saturated carbocycles. The molecule has 0 heterocycles. The van der Waals surface area contributed by atoms with Crippen molar-refractivity contribution in [1.29, 1.82) is 5.41 Å². The standard InChI is InChI=1S/C14H17ClN2/c1-2-10-5-4-8-13(10)17-14(16)11-6-3-7-12(15)9-11/h3,6-7,9-10,16H,2,4-5,8H2,1H3. The zero-order chi connectivity index (χ0) is 12.3. The lowest BCUT2D eigenvalue weighted by atomic mass is 10.0. The maximum atomic E-state index is 8.01. The fourth-order valence-corrected chi connectivity index (χ4v) is 2.52. The van der Waals surface area contributed by atoms with Crippen molar-refractivity contribution in [2.24, 2.45) is 10.9 Å². The van der Waals surface area contributed by atoms with E-state index in [0.29, 0.717) is 16.8 Å². The van der Waals surface area contributed by atoms with Gasteiger partial charge in [0.25, 0.3) is 0 Å². The van der Waals surface area contributed by atoms with Gasteiger partial charge in [-0.3, -0.25) is 5.41 Å². The Balaban J connectivity index is 2.18. The van der Waals surface area contributed by atoms with E-state index in [1.165, 1.54) is 18.6 Å². The molecule has 0 radical (unpaired) electrons. The van der Waals surface area contributed by atoms with E-state index in [0.717, 1.165) is 18.4 Å². The van der Waals surface area contributed by atoms with Crippen LogP contribution in [0, 0.1) is 11.3 Å². The molecule has 2 nitrogen and oxygen atoms in total. The van der Waals surface area contributed by atoms with Crippen LogP contribution < -0.4 is 0 Å². The number of hydrogen-bond donors (Lipinski definition) is 1. The van der Waals surface area contributed by atoms with Crippen LogP contribution in [-0.2, 0) is 0 Å². The molecule has 1 unspecified atom stereocenters. The summed E-state index contributed by atoms with van der Waals surface area (Å²) >= 11 is 5.92. The van der Waals surface area contributed by atoms with E-state index < -0.39 is 0 Å². The van der Waals surface area contributed by atoms with Gasteiger partial charge in [0.1, 0.15) is 0 Å². The monoisotopic (exact) mass is 248 g/mol. The molecule has 1 aromatic carbocycles. The lowest BCUT2D eigenvalue weighted by Crippen LogP contribution is -2.09. The molecule has 0 saturated heterocycles. The summed E-state index contributed by atoms with van der Waals surface area (Å²) in [6.45, 7) is 2.19. The molecule has 0 bridgehead atoms. The normalized spacial score (nSPS) is 22.0. The predicted octanol–water partition coefficient (Wildman–Crippen LogP) is 4.32. The van der Waals surface area contributed by atoms with Crippen molar-refractivity contribution >= 4 is 23.1 Å². The Morgan fingerprint density at radius 1 is 1.53 bits per heavy atom. The molecule has 1 aliphatic rings. The maximum Gasteiger partial charge on any atom is 0.151 e. The van der Waals surface area contributed by atoms with Crippen molar-refractivity contribution in [1.82, 2.24) is 0 Å². The summed E-state index contributed by atoms with van der Waals surface area (Å²) in [5.74, 6) is 0.914. The van der Waals surface area contributed by atoms with Gasteiger partial charge >= 0.3 is 0 Å². The van der Waals surface area contributed by atoms with E-state index in [9.17, 15) is 0 Å². The van der Waals surface area contributed by atoms with Gasteiger partial charge in [0.05, 0.1) is 0 Å². The van der Waals surface area contributed by atoms with Crippen LogP contribution in [0.4, 0.5) is 0 Å². The second-order valence-corrected chi connectivity index (χ2v) is 4.90. The summed E-state index contributed by atoms with van der Waals surface area (Å²) in [5.41, 5.74) is 1.99. The van der Waals surface area contributed by atoms with E-state index >= 15 is 0 Å². The van der Waals surface area contributed by atoms with Gasteiger partial charge in [-0.05, 0) is 43.7 Å². The molecule has 3 heteroatoms. The number of nitrogens with one attached hydrogen (secondary N) is 1. The Bertz CT molecular complexity index is 451. The Labute approximate surface area is 107 Å². The van der Waals surface area contributed by atoms with Crippen LogP contribution in [-0.4, -0.2) is 11.5 Å². The minimum atomic E-state index is 0.336. The molecule has 1 aliphatic carbocycles. The van der Waals surface area contributed by atoms with Gasteiger partial charge in [0.2, 0.25) is 0 Å². The number of benzene rings is 1. The van der Waals surface area contributed by atoms with Gasteiger partial charge in [-0.15, -0.1) is 0 Å². The molecule has 1 aromatic rings. The molecule has 0 amide bonds. The average Bonchev–Trinajstić information content (AvgIpc) is 2.76. The van der Waals surface area contributed by atoms with Crippen LogP contribution in [0.5, 0.6) is 0 Å². The Kier molecular flexibility index (Phi) is 3.95. The third-order valence-electron chi connectivity index (χ3n) is 3.30. The summed E-state index contributed by atoms with van der Waals surface area (Å²) in [5, 5.41) is 8.67. The van der Waals surface area contributed by atoms with E-state index in [-0.39, 0.29) is 0 Å². The fourth-order valence-electron chi connectivity index (χ4n) is 2.33. The van der Waals surface area contributed by atoms with Gasteiger partial charge in [0, 0.05) is 16.3 Å². The predicted molar refractivity (Wildman–Crippen MR) is 73.3 cm³/mol. The molecule has 1 fully saturated rings. The molecular weight excluding hydrogens is 232 g/mol. The Morgan fingerprint density at radius 2 is 2.35 bits per heavy atom. The summed E-state index contributed by atoms with van der Waals surface area (Å²) in [6, 6.07) is 7.35. The number of halogens is 1. The lowest BCUT2D eigenvalue weighted by molar-refractivity contribution is 0.644. The lowest BCUT2D eigenvalue weighted by Gasteiger charge is -2.08. The highest BCUT2D eigenvalue weighted by Gasteiger charge is 2.21. The first-order valence-electron chi connectivity index (χ1n) is 6.12. The first kappa shape index (κ1) is 12.3. The molecule has 0 aliphatic heterocycles. The molecule has 0 aromatic heterocycles. The van der Waals surface area contributed by atoms with Crippen molar-refractivity contribution < 1.29 is 0 Å². The second kappa shape index (κ2) is 5.46. The highest BCUT2D eigenvalue weighted by atomic mass is 35.5. The average molecular weight is 249 g/mol. The number of hydrogen-bond acceptors (Lipinski definition) is 1. The van der Waals surface area contributed by atoms with Crippen molar-refractivity contribution in [3.8, 4) is 0 Å². The molecule has 1 atom stereocenters. The van der Waals surface area contributed by atoms with Gasteiger partial charge in [-0.1, -0.05) is 30.7 Å². The van der Waals surface area contributed by atoms with Crippen molar-refractivity contribution in [2.45, 2.75) is 32.6 Å². The molecular formula is C14H17ClN2. The van der Waals surface area contributed by atoms with E-state index in [2.05, 4.69) is 11.9 Å². The van der Waals surface area contributed by atoms with E-state index in [1.54, 1.807) is 6.07 Å². The topological polar surface area (TPSA) is 36.2 Å². The SMILES string of the molecule is CCC1CCCC1=NC(=N)c1cccc(Cl)c1. The van der Waals surface area contributed by atoms with Crippen molar-refractivity contribution in [3.63, 3.8) is 0 Å². The highest BCUT2D eigenvalue weighted by molar-refractivity contribution is 6.31. The van der Waals surface area contributed by atoms with Crippen LogP contribution in [0.15, 0.2) is 29.3 Å². The molecule has 1 N–H and O–H groups in total. The third-order valence-corrected chi connectivity index (χ3v) is 3.54. The van der Waals surface area contributed by atoms with Crippen molar-refractivity contribution in [3.05, 3.63) is 34.9 Å². The van der Waals surface area contributed by atoms with Crippen LogP contribution in [0.3, 0.4) is 0 Å². The van der Waals surface area contributed by atoms with Crippen LogP contribution in [0.2, 0.25) is 5.02 Å². The first-order valence-corrected chi connectivity index (χ1v) is 6.50. The second-order valence-electron chi connectivity index (χ2n) is 4.46. The number of nitrogens with zero attached hydrogens (tertiary/aromatic N) is 1. The molecule has 2 rings (SSSR count). The smallest absolute Gasteiger partial charge is 0.151 e. The Hall–Kier alpha value is -1.15. The zero-order valence-corrected chi connectivity index (χ0v) is 10.8. The summed E-state index contributed by atoms with van der Waals surface area (Å²) < 4.78 is 0. The third kappa shape index (κ3) is 2.95. The van der Waals surface area contributed by atoms with E-state index in [4.69, 9.17) is 17.0 Å². The van der Waals surface area contributed by atoms with Crippen molar-refractivity contribution in [2.75, 3.05) is 0 Å². The van der Waals surface area contributed by atoms with Gasteiger partial charge < -0.3 is 0 Å². The number of rotatable bonds is 2. The first-order chi connectivity index (χ1) is 8.20.